The van der Waals surface area contributed by atoms with Gasteiger partial charge in [-0.15, -0.1) is 0 Å². The van der Waals surface area contributed by atoms with E-state index < -0.39 is 44.0 Å². The third kappa shape index (κ3) is 6.04. The fourth-order valence-electron chi connectivity index (χ4n) is 2.98. The number of hydrogen-bond acceptors (Lipinski definition) is 5. The molecule has 2 aromatic rings. The first kappa shape index (κ1) is 25.3. The SMILES string of the molecule is CCCN(CCC)S(=O)(=O)Nc1cc(C(=O)c2cccc(C(F)(F)F)c2)ccc1[N+](=O)[O-]. The first-order chi connectivity index (χ1) is 14.9. The van der Waals surface area contributed by atoms with E-state index in [0.717, 1.165) is 34.6 Å². The van der Waals surface area contributed by atoms with Crippen LogP contribution < -0.4 is 4.72 Å². The predicted molar refractivity (Wildman–Crippen MR) is 113 cm³/mol. The number of halogens is 3. The summed E-state index contributed by atoms with van der Waals surface area (Å²) in [6, 6.07) is 6.66. The van der Waals surface area contributed by atoms with Gasteiger partial charge in [0.15, 0.2) is 5.78 Å². The molecule has 2 aromatic carbocycles. The van der Waals surface area contributed by atoms with Crippen LogP contribution in [0.2, 0.25) is 0 Å². The van der Waals surface area contributed by atoms with Gasteiger partial charge in [-0.2, -0.15) is 25.9 Å². The van der Waals surface area contributed by atoms with Gasteiger partial charge in [-0.05, 0) is 37.1 Å². The van der Waals surface area contributed by atoms with Crippen molar-refractivity contribution in [2.45, 2.75) is 32.9 Å². The highest BCUT2D eigenvalue weighted by Crippen LogP contribution is 2.31. The standard InChI is InChI=1S/C20H22F3N3O5S/c1-3-10-25(11-4-2)32(30,31)24-17-13-15(8-9-18(17)26(28)29)19(27)14-6-5-7-16(12-14)20(21,22)23/h5-9,12-13,24H,3-4,10-11H2,1-2H3. The number of nitro groups is 1. The average molecular weight is 473 g/mol. The van der Waals surface area contributed by atoms with E-state index in [1.54, 1.807) is 13.8 Å². The summed E-state index contributed by atoms with van der Waals surface area (Å²) in [5.74, 6) is -0.842. The number of nitrogens with zero attached hydrogens (tertiary/aromatic N) is 2. The van der Waals surface area contributed by atoms with Gasteiger partial charge in [0, 0.05) is 30.3 Å². The number of nitrogens with one attached hydrogen (secondary N) is 1. The molecule has 0 aliphatic rings. The third-order valence-corrected chi connectivity index (χ3v) is 5.96. The first-order valence-corrected chi connectivity index (χ1v) is 11.1. The Kier molecular flexibility index (Phi) is 7.97. The number of carbonyl (C=O) groups is 1. The second-order valence-corrected chi connectivity index (χ2v) is 8.57. The largest absolute Gasteiger partial charge is 0.416 e. The van der Waals surface area contributed by atoms with E-state index in [1.165, 1.54) is 6.07 Å². The molecule has 8 nitrogen and oxygen atoms in total. The molecule has 2 rings (SSSR count). The van der Waals surface area contributed by atoms with Crippen molar-refractivity contribution >= 4 is 27.4 Å². The van der Waals surface area contributed by atoms with Crippen LogP contribution in [0.1, 0.15) is 48.2 Å². The summed E-state index contributed by atoms with van der Waals surface area (Å²) in [6.07, 6.45) is -3.64. The Hall–Kier alpha value is -2.99. The Bertz CT molecular complexity index is 1100. The van der Waals surface area contributed by atoms with Crippen molar-refractivity contribution in [2.75, 3.05) is 17.8 Å². The van der Waals surface area contributed by atoms with Crippen LogP contribution >= 0.6 is 0 Å². The topological polar surface area (TPSA) is 110 Å². The maximum atomic E-state index is 13.0. The van der Waals surface area contributed by atoms with Gasteiger partial charge in [-0.3, -0.25) is 19.6 Å². The lowest BCUT2D eigenvalue weighted by atomic mass is 10.0. The quantitative estimate of drug-likeness (QED) is 0.308. The van der Waals surface area contributed by atoms with Crippen molar-refractivity contribution in [3.05, 3.63) is 69.3 Å². The van der Waals surface area contributed by atoms with Crippen LogP contribution in [0.25, 0.3) is 0 Å². The summed E-state index contributed by atoms with van der Waals surface area (Å²) in [4.78, 5) is 23.3. The third-order valence-electron chi connectivity index (χ3n) is 4.43. The van der Waals surface area contributed by atoms with Crippen molar-refractivity contribution in [2.24, 2.45) is 0 Å². The predicted octanol–water partition coefficient (Wildman–Crippen LogP) is 4.62. The summed E-state index contributed by atoms with van der Waals surface area (Å²) in [7, 11) is -4.17. The molecule has 0 amide bonds. The van der Waals surface area contributed by atoms with Crippen molar-refractivity contribution in [3.8, 4) is 0 Å². The summed E-state index contributed by atoms with van der Waals surface area (Å²) < 4.78 is 67.6. The van der Waals surface area contributed by atoms with Crippen LogP contribution in [0.3, 0.4) is 0 Å². The van der Waals surface area contributed by atoms with Crippen molar-refractivity contribution in [1.82, 2.24) is 4.31 Å². The Morgan fingerprint density at radius 2 is 1.66 bits per heavy atom. The van der Waals surface area contributed by atoms with Crippen LogP contribution in [0.5, 0.6) is 0 Å². The van der Waals surface area contributed by atoms with E-state index in [2.05, 4.69) is 4.72 Å². The summed E-state index contributed by atoms with van der Waals surface area (Å²) in [6.45, 7) is 3.91. The van der Waals surface area contributed by atoms with Crippen molar-refractivity contribution < 1.29 is 31.3 Å². The minimum Gasteiger partial charge on any atom is -0.289 e. The molecule has 0 aliphatic heterocycles. The molecule has 0 heterocycles. The highest BCUT2D eigenvalue weighted by atomic mass is 32.2. The van der Waals surface area contributed by atoms with E-state index >= 15 is 0 Å². The molecule has 174 valence electrons. The van der Waals surface area contributed by atoms with E-state index in [9.17, 15) is 36.5 Å². The number of alkyl halides is 3. The van der Waals surface area contributed by atoms with Gasteiger partial charge in [0.05, 0.1) is 10.5 Å². The minimum atomic E-state index is -4.66. The van der Waals surface area contributed by atoms with E-state index in [4.69, 9.17) is 0 Å². The zero-order chi connectivity index (χ0) is 24.1. The molecule has 0 saturated heterocycles. The number of rotatable bonds is 10. The Morgan fingerprint density at radius 1 is 1.06 bits per heavy atom. The van der Waals surface area contributed by atoms with Crippen molar-refractivity contribution in [1.29, 1.82) is 0 Å². The molecule has 0 atom stereocenters. The molecule has 0 aliphatic carbocycles. The summed E-state index contributed by atoms with van der Waals surface area (Å²) >= 11 is 0. The van der Waals surface area contributed by atoms with Gasteiger partial charge in [-0.25, -0.2) is 0 Å². The van der Waals surface area contributed by atoms with Crippen LogP contribution in [-0.2, 0) is 16.4 Å². The zero-order valence-corrected chi connectivity index (χ0v) is 18.2. The van der Waals surface area contributed by atoms with Crippen LogP contribution in [0, 0.1) is 10.1 Å². The number of ketones is 1. The number of carbonyl (C=O) groups excluding carboxylic acids is 1. The first-order valence-electron chi connectivity index (χ1n) is 9.69. The average Bonchev–Trinajstić information content (AvgIpc) is 2.72. The molecule has 0 fully saturated rings. The van der Waals surface area contributed by atoms with Crippen LogP contribution in [-0.4, -0.2) is 36.5 Å². The molecule has 32 heavy (non-hydrogen) atoms. The highest BCUT2D eigenvalue weighted by Gasteiger charge is 2.31. The van der Waals surface area contributed by atoms with E-state index in [0.29, 0.717) is 18.9 Å². The maximum absolute atomic E-state index is 13.0. The highest BCUT2D eigenvalue weighted by molar-refractivity contribution is 7.90. The fraction of sp³-hybridized carbons (Fsp3) is 0.350. The molecular formula is C20H22F3N3O5S. The lowest BCUT2D eigenvalue weighted by Crippen LogP contribution is -2.37. The second-order valence-electron chi connectivity index (χ2n) is 6.90. The smallest absolute Gasteiger partial charge is 0.289 e. The van der Waals surface area contributed by atoms with Gasteiger partial charge in [0.2, 0.25) is 0 Å². The zero-order valence-electron chi connectivity index (χ0n) is 17.3. The number of anilines is 1. The monoisotopic (exact) mass is 473 g/mol. The molecule has 0 bridgehead atoms. The number of benzene rings is 2. The van der Waals surface area contributed by atoms with Gasteiger partial charge in [-0.1, -0.05) is 26.0 Å². The van der Waals surface area contributed by atoms with Crippen LogP contribution in [0.15, 0.2) is 42.5 Å². The van der Waals surface area contributed by atoms with Crippen molar-refractivity contribution in [3.63, 3.8) is 0 Å². The Morgan fingerprint density at radius 3 is 2.19 bits per heavy atom. The van der Waals surface area contributed by atoms with Gasteiger partial charge >= 0.3 is 16.4 Å². The van der Waals surface area contributed by atoms with Crippen LogP contribution in [0.4, 0.5) is 24.5 Å². The van der Waals surface area contributed by atoms with Gasteiger partial charge in [0.25, 0.3) is 5.69 Å². The fourth-order valence-corrected chi connectivity index (χ4v) is 4.39. The number of hydrogen-bond donors (Lipinski definition) is 1. The summed E-state index contributed by atoms with van der Waals surface area (Å²) in [5, 5.41) is 11.4. The molecule has 0 unspecified atom stereocenters. The van der Waals surface area contributed by atoms with E-state index in [1.807, 2.05) is 0 Å². The minimum absolute atomic E-state index is 0.180. The molecular weight excluding hydrogens is 451 g/mol. The summed E-state index contributed by atoms with van der Waals surface area (Å²) in [5.41, 5.74) is -2.57. The lowest BCUT2D eigenvalue weighted by Gasteiger charge is -2.21. The normalized spacial score (nSPS) is 12.1. The number of nitro benzene ring substituents is 1. The molecule has 0 saturated carbocycles. The molecule has 12 heteroatoms. The lowest BCUT2D eigenvalue weighted by molar-refractivity contribution is -0.383. The van der Waals surface area contributed by atoms with Gasteiger partial charge < -0.3 is 0 Å². The molecule has 0 aromatic heterocycles. The maximum Gasteiger partial charge on any atom is 0.416 e. The Balaban J connectivity index is 2.48. The molecule has 1 N–H and O–H groups in total. The van der Waals surface area contributed by atoms with E-state index in [-0.39, 0.29) is 24.2 Å². The molecule has 0 radical (unpaired) electrons. The second kappa shape index (κ2) is 10.1. The Labute approximate surface area is 183 Å². The molecule has 0 spiro atoms. The van der Waals surface area contributed by atoms with Gasteiger partial charge in [0.1, 0.15) is 5.69 Å².